The molecule has 1 aliphatic rings. The van der Waals surface area contributed by atoms with Crippen molar-refractivity contribution in [3.8, 4) is 5.75 Å². The topological polar surface area (TPSA) is 78.9 Å². The minimum absolute atomic E-state index is 0.0241. The lowest BCUT2D eigenvalue weighted by Gasteiger charge is -2.39. The zero-order valence-corrected chi connectivity index (χ0v) is 14.2. The minimum atomic E-state index is -0.972. The largest absolute Gasteiger partial charge is 0.493 e. The number of benzene rings is 1. The average Bonchev–Trinajstić information content (AvgIpc) is 2.60. The summed E-state index contributed by atoms with van der Waals surface area (Å²) < 4.78 is 5.55. The number of aliphatic hydroxyl groups is 1. The Morgan fingerprint density at radius 1 is 1.29 bits per heavy atom. The van der Waals surface area contributed by atoms with Gasteiger partial charge in [0.25, 0.3) is 0 Å². The van der Waals surface area contributed by atoms with Crippen LogP contribution in [0, 0.1) is 0 Å². The molecule has 1 atom stereocenters. The molecule has 1 aliphatic heterocycles. The number of nitrogens with zero attached hydrogens (tertiary/aromatic N) is 1. The summed E-state index contributed by atoms with van der Waals surface area (Å²) in [7, 11) is 1.58. The van der Waals surface area contributed by atoms with Gasteiger partial charge in [-0.1, -0.05) is 18.2 Å². The molecule has 2 amide bonds. The maximum Gasteiger partial charge on any atom is 0.226 e. The van der Waals surface area contributed by atoms with Crippen molar-refractivity contribution in [2.24, 2.45) is 0 Å². The average molecular weight is 334 g/mol. The van der Waals surface area contributed by atoms with Crippen molar-refractivity contribution in [3.63, 3.8) is 0 Å². The highest BCUT2D eigenvalue weighted by Gasteiger charge is 2.35. The highest BCUT2D eigenvalue weighted by atomic mass is 16.5. The van der Waals surface area contributed by atoms with Crippen LogP contribution in [0.15, 0.2) is 30.3 Å². The standard InChI is InChI=1S/C18H26N2O4/c1-19-16(21)8-11-18(23)10-5-12-20(14-18)17(22)9-13-24-15-6-3-2-4-7-15/h2-4,6-7,23H,5,8-14H2,1H3,(H,19,21)/t18-/m0/s1. The number of carbonyl (C=O) groups is 2. The van der Waals surface area contributed by atoms with Gasteiger partial charge in [-0.3, -0.25) is 9.59 Å². The van der Waals surface area contributed by atoms with Crippen LogP contribution in [0.1, 0.15) is 32.1 Å². The van der Waals surface area contributed by atoms with Gasteiger partial charge >= 0.3 is 0 Å². The highest BCUT2D eigenvalue weighted by molar-refractivity contribution is 5.77. The molecule has 1 saturated heterocycles. The van der Waals surface area contributed by atoms with E-state index < -0.39 is 5.60 Å². The fourth-order valence-electron chi connectivity index (χ4n) is 2.93. The molecule has 1 fully saturated rings. The molecule has 24 heavy (non-hydrogen) atoms. The van der Waals surface area contributed by atoms with Gasteiger partial charge in [-0.05, 0) is 31.4 Å². The first-order valence-electron chi connectivity index (χ1n) is 8.41. The van der Waals surface area contributed by atoms with Crippen molar-refractivity contribution >= 4 is 11.8 Å². The zero-order valence-electron chi connectivity index (χ0n) is 14.2. The SMILES string of the molecule is CNC(=O)CC[C@@]1(O)CCCN(C(=O)CCOc2ccccc2)C1. The van der Waals surface area contributed by atoms with Crippen LogP contribution >= 0.6 is 0 Å². The van der Waals surface area contributed by atoms with Gasteiger partial charge in [0.15, 0.2) is 0 Å². The molecular formula is C18H26N2O4. The van der Waals surface area contributed by atoms with Crippen molar-refractivity contribution in [2.45, 2.75) is 37.7 Å². The predicted octanol–water partition coefficient (Wildman–Crippen LogP) is 1.34. The maximum atomic E-state index is 12.3. The molecule has 2 rings (SSSR count). The van der Waals surface area contributed by atoms with Crippen LogP contribution in [0.25, 0.3) is 0 Å². The number of hydrogen-bond donors (Lipinski definition) is 2. The van der Waals surface area contributed by atoms with Gasteiger partial charge in [0.1, 0.15) is 5.75 Å². The summed E-state index contributed by atoms with van der Waals surface area (Å²) in [6.07, 6.45) is 2.29. The van der Waals surface area contributed by atoms with Crippen molar-refractivity contribution in [1.82, 2.24) is 10.2 Å². The Morgan fingerprint density at radius 3 is 2.75 bits per heavy atom. The molecular weight excluding hydrogens is 308 g/mol. The van der Waals surface area contributed by atoms with Crippen molar-refractivity contribution in [1.29, 1.82) is 0 Å². The van der Waals surface area contributed by atoms with E-state index in [0.29, 0.717) is 26.0 Å². The van der Waals surface area contributed by atoms with E-state index in [9.17, 15) is 14.7 Å². The maximum absolute atomic E-state index is 12.3. The van der Waals surface area contributed by atoms with Crippen LogP contribution in [-0.2, 0) is 9.59 Å². The summed E-state index contributed by atoms with van der Waals surface area (Å²) in [5.41, 5.74) is -0.972. The third kappa shape index (κ3) is 5.53. The molecule has 0 aliphatic carbocycles. The lowest BCUT2D eigenvalue weighted by molar-refractivity contribution is -0.139. The number of para-hydroxylation sites is 1. The molecule has 0 bridgehead atoms. The number of nitrogens with one attached hydrogen (secondary N) is 1. The molecule has 0 unspecified atom stereocenters. The Morgan fingerprint density at radius 2 is 2.04 bits per heavy atom. The smallest absolute Gasteiger partial charge is 0.226 e. The molecule has 2 N–H and O–H groups in total. The second kappa shape index (κ2) is 8.68. The number of hydrogen-bond acceptors (Lipinski definition) is 4. The first kappa shape index (κ1) is 18.3. The Balaban J connectivity index is 1.78. The van der Waals surface area contributed by atoms with Crippen molar-refractivity contribution < 1.29 is 19.4 Å². The molecule has 0 radical (unpaired) electrons. The highest BCUT2D eigenvalue weighted by Crippen LogP contribution is 2.26. The molecule has 132 valence electrons. The normalized spacial score (nSPS) is 20.5. The Kier molecular flexibility index (Phi) is 6.61. The number of rotatable bonds is 7. The van der Waals surface area contributed by atoms with Gasteiger partial charge in [-0.25, -0.2) is 0 Å². The predicted molar refractivity (Wildman–Crippen MR) is 90.6 cm³/mol. The summed E-state index contributed by atoms with van der Waals surface area (Å²) in [5.74, 6) is 0.623. The van der Waals surface area contributed by atoms with E-state index in [2.05, 4.69) is 5.32 Å². The van der Waals surface area contributed by atoms with E-state index in [1.807, 2.05) is 30.3 Å². The fraction of sp³-hybridized carbons (Fsp3) is 0.556. The molecule has 1 aromatic carbocycles. The monoisotopic (exact) mass is 334 g/mol. The van der Waals surface area contributed by atoms with E-state index in [4.69, 9.17) is 4.74 Å². The van der Waals surface area contributed by atoms with E-state index in [1.165, 1.54) is 0 Å². The third-order valence-corrected chi connectivity index (χ3v) is 4.33. The summed E-state index contributed by atoms with van der Waals surface area (Å²) in [5, 5.41) is 13.2. The first-order valence-corrected chi connectivity index (χ1v) is 8.41. The molecule has 1 heterocycles. The molecule has 1 aromatic rings. The third-order valence-electron chi connectivity index (χ3n) is 4.33. The van der Waals surface area contributed by atoms with Gasteiger partial charge in [0, 0.05) is 26.6 Å². The number of likely N-dealkylation sites (tertiary alicyclic amines) is 1. The van der Waals surface area contributed by atoms with Crippen LogP contribution in [0.4, 0.5) is 0 Å². The Hall–Kier alpha value is -2.08. The molecule has 0 saturated carbocycles. The zero-order chi connectivity index (χ0) is 17.4. The summed E-state index contributed by atoms with van der Waals surface area (Å²) >= 11 is 0. The summed E-state index contributed by atoms with van der Waals surface area (Å²) in [4.78, 5) is 25.4. The van der Waals surface area contributed by atoms with Crippen LogP contribution in [-0.4, -0.2) is 54.2 Å². The minimum Gasteiger partial charge on any atom is -0.493 e. The first-order chi connectivity index (χ1) is 11.5. The van der Waals surface area contributed by atoms with Crippen LogP contribution in [0.3, 0.4) is 0 Å². The van der Waals surface area contributed by atoms with E-state index in [0.717, 1.165) is 12.2 Å². The summed E-state index contributed by atoms with van der Waals surface area (Å²) in [6, 6.07) is 9.37. The lowest BCUT2D eigenvalue weighted by Crippen LogP contribution is -2.50. The second-order valence-corrected chi connectivity index (χ2v) is 6.23. The number of ether oxygens (including phenoxy) is 1. The van der Waals surface area contributed by atoms with Crippen molar-refractivity contribution in [2.75, 3.05) is 26.7 Å². The second-order valence-electron chi connectivity index (χ2n) is 6.23. The van der Waals surface area contributed by atoms with Gasteiger partial charge in [0.05, 0.1) is 18.6 Å². The van der Waals surface area contributed by atoms with E-state index in [1.54, 1.807) is 11.9 Å². The molecule has 0 spiro atoms. The van der Waals surface area contributed by atoms with Crippen LogP contribution in [0.2, 0.25) is 0 Å². The van der Waals surface area contributed by atoms with Gasteiger partial charge in [0.2, 0.25) is 11.8 Å². The number of amides is 2. The Bertz CT molecular complexity index is 549. The number of piperidine rings is 1. The summed E-state index contributed by atoms with van der Waals surface area (Å²) in [6.45, 7) is 1.25. The van der Waals surface area contributed by atoms with Gasteiger partial charge < -0.3 is 20.1 Å². The molecule has 0 aromatic heterocycles. The van der Waals surface area contributed by atoms with Crippen molar-refractivity contribution in [3.05, 3.63) is 30.3 Å². The number of β-amino-alcohol motifs (C(OH)–C–C–N with tert-alkyl or cyclic N) is 1. The molecule has 6 heteroatoms. The quantitative estimate of drug-likeness (QED) is 0.789. The van der Waals surface area contributed by atoms with E-state index in [-0.39, 0.29) is 31.2 Å². The van der Waals surface area contributed by atoms with Crippen LogP contribution < -0.4 is 10.1 Å². The van der Waals surface area contributed by atoms with Crippen LogP contribution in [0.5, 0.6) is 5.75 Å². The van der Waals surface area contributed by atoms with Gasteiger partial charge in [-0.2, -0.15) is 0 Å². The van der Waals surface area contributed by atoms with E-state index >= 15 is 0 Å². The fourth-order valence-corrected chi connectivity index (χ4v) is 2.93. The lowest BCUT2D eigenvalue weighted by atomic mass is 9.88. The van der Waals surface area contributed by atoms with Gasteiger partial charge in [-0.15, -0.1) is 0 Å². The Labute approximate surface area is 142 Å². The number of carbonyl (C=O) groups excluding carboxylic acids is 2. The molecule has 6 nitrogen and oxygen atoms in total.